The lowest BCUT2D eigenvalue weighted by atomic mass is 10.1. The van der Waals surface area contributed by atoms with Gasteiger partial charge < -0.3 is 5.32 Å². The molecule has 2 aromatic carbocycles. The highest BCUT2D eigenvalue weighted by Crippen LogP contribution is 2.28. The molecular formula is C18H14ClN3O5. The van der Waals surface area contributed by atoms with Gasteiger partial charge in [0.05, 0.1) is 16.1 Å². The summed E-state index contributed by atoms with van der Waals surface area (Å²) in [5.41, 5.74) is 1.38. The average molecular weight is 388 g/mol. The van der Waals surface area contributed by atoms with E-state index in [4.69, 9.17) is 11.6 Å². The summed E-state index contributed by atoms with van der Waals surface area (Å²) >= 11 is 5.73. The summed E-state index contributed by atoms with van der Waals surface area (Å²) < 4.78 is 0. The lowest BCUT2D eigenvalue weighted by molar-refractivity contribution is -0.384. The second-order valence-electron chi connectivity index (χ2n) is 6.03. The number of rotatable bonds is 5. The van der Waals surface area contributed by atoms with Gasteiger partial charge in [-0.25, -0.2) is 0 Å². The van der Waals surface area contributed by atoms with E-state index in [0.717, 1.165) is 16.5 Å². The van der Waals surface area contributed by atoms with E-state index >= 15 is 0 Å². The monoisotopic (exact) mass is 387 g/mol. The third-order valence-corrected chi connectivity index (χ3v) is 4.43. The molecule has 0 fully saturated rings. The van der Waals surface area contributed by atoms with E-state index in [1.165, 1.54) is 12.1 Å². The molecule has 0 atom stereocenters. The van der Waals surface area contributed by atoms with Gasteiger partial charge in [0.2, 0.25) is 5.91 Å². The van der Waals surface area contributed by atoms with Gasteiger partial charge in [0.1, 0.15) is 5.02 Å². The molecule has 0 bridgehead atoms. The fourth-order valence-corrected chi connectivity index (χ4v) is 2.96. The maximum absolute atomic E-state index is 12.4. The van der Waals surface area contributed by atoms with Crippen molar-refractivity contribution in [3.05, 3.63) is 68.2 Å². The third kappa shape index (κ3) is 3.65. The van der Waals surface area contributed by atoms with Crippen molar-refractivity contribution in [1.82, 2.24) is 4.90 Å². The van der Waals surface area contributed by atoms with Gasteiger partial charge >= 0.3 is 0 Å². The molecule has 8 nitrogen and oxygen atoms in total. The molecule has 0 aromatic heterocycles. The largest absolute Gasteiger partial charge is 0.326 e. The van der Waals surface area contributed by atoms with Crippen LogP contribution in [-0.2, 0) is 4.79 Å². The molecular weight excluding hydrogens is 374 g/mol. The van der Waals surface area contributed by atoms with Crippen LogP contribution in [0.5, 0.6) is 0 Å². The van der Waals surface area contributed by atoms with Gasteiger partial charge in [-0.2, -0.15) is 0 Å². The highest BCUT2D eigenvalue weighted by molar-refractivity contribution is 6.32. The minimum atomic E-state index is -0.654. The number of anilines is 1. The van der Waals surface area contributed by atoms with Crippen molar-refractivity contribution < 1.29 is 19.3 Å². The third-order valence-electron chi connectivity index (χ3n) is 4.12. The van der Waals surface area contributed by atoms with Gasteiger partial charge in [0.15, 0.2) is 0 Å². The van der Waals surface area contributed by atoms with Crippen LogP contribution in [0, 0.1) is 17.0 Å². The van der Waals surface area contributed by atoms with Gasteiger partial charge in [-0.05, 0) is 31.2 Å². The molecule has 0 aliphatic carbocycles. The molecule has 1 aliphatic rings. The molecule has 0 spiro atoms. The van der Waals surface area contributed by atoms with Crippen molar-refractivity contribution in [2.75, 3.05) is 11.9 Å². The molecule has 3 rings (SSSR count). The Balaban J connectivity index is 1.65. The van der Waals surface area contributed by atoms with E-state index in [9.17, 15) is 24.5 Å². The second kappa shape index (κ2) is 7.16. The smallest absolute Gasteiger partial charge is 0.289 e. The van der Waals surface area contributed by atoms with Crippen LogP contribution in [0.15, 0.2) is 36.4 Å². The zero-order chi connectivity index (χ0) is 19.7. The SMILES string of the molecule is Cc1ccc2c(c1)C(=O)N(CCC(=O)Nc1ccc(Cl)c([N+](=O)[O-])c1)C2=O. The number of nitrogens with zero attached hydrogens (tertiary/aromatic N) is 2. The van der Waals surface area contributed by atoms with Crippen LogP contribution in [0.4, 0.5) is 11.4 Å². The number of hydrogen-bond acceptors (Lipinski definition) is 5. The normalized spacial score (nSPS) is 12.9. The van der Waals surface area contributed by atoms with Crippen molar-refractivity contribution in [1.29, 1.82) is 0 Å². The van der Waals surface area contributed by atoms with Crippen molar-refractivity contribution >= 4 is 40.7 Å². The fourth-order valence-electron chi connectivity index (χ4n) is 2.77. The maximum atomic E-state index is 12.4. The highest BCUT2D eigenvalue weighted by atomic mass is 35.5. The molecule has 1 N–H and O–H groups in total. The topological polar surface area (TPSA) is 110 Å². The van der Waals surface area contributed by atoms with E-state index in [1.807, 2.05) is 6.92 Å². The molecule has 3 amide bonds. The molecule has 0 saturated heterocycles. The van der Waals surface area contributed by atoms with E-state index in [0.29, 0.717) is 11.1 Å². The van der Waals surface area contributed by atoms with Gasteiger partial charge in [0, 0.05) is 24.7 Å². The van der Waals surface area contributed by atoms with E-state index in [1.54, 1.807) is 18.2 Å². The second-order valence-corrected chi connectivity index (χ2v) is 6.44. The zero-order valence-electron chi connectivity index (χ0n) is 14.2. The van der Waals surface area contributed by atoms with Crippen LogP contribution >= 0.6 is 11.6 Å². The predicted octanol–water partition coefficient (Wildman–Crippen LogP) is 3.18. The summed E-state index contributed by atoms with van der Waals surface area (Å²) in [5, 5.41) is 13.3. The van der Waals surface area contributed by atoms with Crippen LogP contribution in [0.1, 0.15) is 32.7 Å². The van der Waals surface area contributed by atoms with Gasteiger partial charge in [-0.1, -0.05) is 23.2 Å². The number of halogens is 1. The standard InChI is InChI=1S/C18H14ClN3O5/c1-10-2-4-12-13(8-10)18(25)21(17(12)24)7-6-16(23)20-11-3-5-14(19)15(9-11)22(26)27/h2-5,8-9H,6-7H2,1H3,(H,20,23). The summed E-state index contributed by atoms with van der Waals surface area (Å²) in [6.45, 7) is 1.73. The van der Waals surface area contributed by atoms with E-state index in [-0.39, 0.29) is 29.4 Å². The Labute approximate surface area is 158 Å². The Morgan fingerprint density at radius 2 is 1.85 bits per heavy atom. The van der Waals surface area contributed by atoms with E-state index < -0.39 is 22.6 Å². The lowest BCUT2D eigenvalue weighted by Gasteiger charge is -2.13. The van der Waals surface area contributed by atoms with Crippen LogP contribution in [-0.4, -0.2) is 34.1 Å². The minimum Gasteiger partial charge on any atom is -0.326 e. The lowest BCUT2D eigenvalue weighted by Crippen LogP contribution is -2.32. The molecule has 0 saturated carbocycles. The van der Waals surface area contributed by atoms with Crippen LogP contribution in [0.2, 0.25) is 5.02 Å². The van der Waals surface area contributed by atoms with Gasteiger partial charge in [-0.3, -0.25) is 29.4 Å². The number of nitrogens with one attached hydrogen (secondary N) is 1. The first-order valence-corrected chi connectivity index (χ1v) is 8.36. The first-order valence-electron chi connectivity index (χ1n) is 7.98. The number of carbonyl (C=O) groups excluding carboxylic acids is 3. The van der Waals surface area contributed by atoms with Gasteiger partial charge in [-0.15, -0.1) is 0 Å². The van der Waals surface area contributed by atoms with Crippen molar-refractivity contribution in [2.45, 2.75) is 13.3 Å². The number of amides is 3. The molecule has 0 unspecified atom stereocenters. The molecule has 2 aromatic rings. The van der Waals surface area contributed by atoms with Crippen LogP contribution in [0.25, 0.3) is 0 Å². The fraction of sp³-hybridized carbons (Fsp3) is 0.167. The summed E-state index contributed by atoms with van der Waals surface area (Å²) in [4.78, 5) is 48.1. The summed E-state index contributed by atoms with van der Waals surface area (Å²) in [6, 6.07) is 8.86. The number of nitro benzene ring substituents is 1. The predicted molar refractivity (Wildman–Crippen MR) is 97.9 cm³/mol. The molecule has 0 radical (unpaired) electrons. The Kier molecular flexibility index (Phi) is 4.91. The number of aryl methyl sites for hydroxylation is 1. The minimum absolute atomic E-state index is 0.0423. The Morgan fingerprint density at radius 3 is 2.56 bits per heavy atom. The van der Waals surface area contributed by atoms with Crippen molar-refractivity contribution in [3.63, 3.8) is 0 Å². The number of nitro groups is 1. The van der Waals surface area contributed by atoms with Gasteiger partial charge in [0.25, 0.3) is 17.5 Å². The number of carbonyl (C=O) groups is 3. The van der Waals surface area contributed by atoms with Crippen molar-refractivity contribution in [3.8, 4) is 0 Å². The number of fused-ring (bicyclic) bond motifs is 1. The molecule has 1 aliphatic heterocycles. The van der Waals surface area contributed by atoms with Crippen molar-refractivity contribution in [2.24, 2.45) is 0 Å². The maximum Gasteiger partial charge on any atom is 0.289 e. The Bertz CT molecular complexity index is 989. The average Bonchev–Trinajstić information content (AvgIpc) is 2.85. The molecule has 138 valence electrons. The van der Waals surface area contributed by atoms with Crippen LogP contribution < -0.4 is 5.32 Å². The number of hydrogen-bond donors (Lipinski definition) is 1. The first-order chi connectivity index (χ1) is 12.8. The van der Waals surface area contributed by atoms with E-state index in [2.05, 4.69) is 5.32 Å². The molecule has 9 heteroatoms. The van der Waals surface area contributed by atoms with Crippen LogP contribution in [0.3, 0.4) is 0 Å². The highest BCUT2D eigenvalue weighted by Gasteiger charge is 2.35. The molecule has 27 heavy (non-hydrogen) atoms. The molecule has 1 heterocycles. The summed E-state index contributed by atoms with van der Waals surface area (Å²) in [6.07, 6.45) is -0.138. The Morgan fingerprint density at radius 1 is 1.15 bits per heavy atom. The zero-order valence-corrected chi connectivity index (χ0v) is 14.9. The quantitative estimate of drug-likeness (QED) is 0.481. The Hall–Kier alpha value is -3.26. The summed E-state index contributed by atoms with van der Waals surface area (Å²) in [7, 11) is 0. The number of benzene rings is 2. The first kappa shape index (κ1) is 18.5. The number of imide groups is 1. The summed E-state index contributed by atoms with van der Waals surface area (Å²) in [5.74, 6) is -1.36.